The van der Waals surface area contributed by atoms with Gasteiger partial charge in [-0.3, -0.25) is 0 Å². The molecule has 1 rings (SSSR count). The first-order valence-corrected chi connectivity index (χ1v) is 6.79. The van der Waals surface area contributed by atoms with Gasteiger partial charge in [-0.1, -0.05) is 26.7 Å². The molecule has 0 bridgehead atoms. The number of aliphatic hydroxyl groups is 1. The summed E-state index contributed by atoms with van der Waals surface area (Å²) in [6.07, 6.45) is 5.10. The number of nitrogens with zero attached hydrogens (tertiary/aromatic N) is 1. The van der Waals surface area contributed by atoms with E-state index in [0.717, 1.165) is 19.6 Å². The van der Waals surface area contributed by atoms with E-state index in [0.29, 0.717) is 5.92 Å². The van der Waals surface area contributed by atoms with Crippen LogP contribution in [0.25, 0.3) is 0 Å². The second-order valence-electron chi connectivity index (χ2n) is 5.42. The van der Waals surface area contributed by atoms with E-state index in [4.69, 9.17) is 0 Å². The van der Waals surface area contributed by atoms with E-state index in [2.05, 4.69) is 24.1 Å². The lowest BCUT2D eigenvalue weighted by molar-refractivity contribution is 0.112. The molecule has 0 aromatic rings. The largest absolute Gasteiger partial charge is 0.390 e. The lowest BCUT2D eigenvalue weighted by Crippen LogP contribution is -2.39. The summed E-state index contributed by atoms with van der Waals surface area (Å²) in [6.45, 7) is 9.28. The Morgan fingerprint density at radius 2 is 1.69 bits per heavy atom. The molecule has 0 aliphatic carbocycles. The lowest BCUT2D eigenvalue weighted by Gasteiger charge is -2.23. The average molecular weight is 228 g/mol. The molecular weight excluding hydrogens is 200 g/mol. The summed E-state index contributed by atoms with van der Waals surface area (Å²) in [5.74, 6) is 0.658. The summed E-state index contributed by atoms with van der Waals surface area (Å²) in [5, 5.41) is 13.2. The van der Waals surface area contributed by atoms with Crippen LogP contribution in [0.4, 0.5) is 0 Å². The first-order valence-electron chi connectivity index (χ1n) is 6.79. The first-order chi connectivity index (χ1) is 7.68. The molecule has 1 atom stereocenters. The highest BCUT2D eigenvalue weighted by atomic mass is 16.3. The second-order valence-corrected chi connectivity index (χ2v) is 5.42. The molecule has 3 heteroatoms. The van der Waals surface area contributed by atoms with Crippen LogP contribution < -0.4 is 5.32 Å². The fourth-order valence-corrected chi connectivity index (χ4v) is 2.22. The molecule has 0 aromatic carbocycles. The Hall–Kier alpha value is -0.120. The van der Waals surface area contributed by atoms with Crippen molar-refractivity contribution in [1.29, 1.82) is 0 Å². The maximum Gasteiger partial charge on any atom is 0.0791 e. The number of hydrogen-bond acceptors (Lipinski definition) is 3. The standard InChI is InChI=1S/C13H28N2O/c1-12(2)9-14-10-13(16)11-15-7-5-3-4-6-8-15/h12-14,16H,3-11H2,1-2H3. The van der Waals surface area contributed by atoms with Crippen molar-refractivity contribution in [3.05, 3.63) is 0 Å². The number of likely N-dealkylation sites (tertiary alicyclic amines) is 1. The van der Waals surface area contributed by atoms with Gasteiger partial charge >= 0.3 is 0 Å². The number of hydrogen-bond donors (Lipinski definition) is 2. The van der Waals surface area contributed by atoms with E-state index in [1.54, 1.807) is 0 Å². The molecule has 16 heavy (non-hydrogen) atoms. The van der Waals surface area contributed by atoms with Crippen LogP contribution in [0.2, 0.25) is 0 Å². The van der Waals surface area contributed by atoms with E-state index < -0.39 is 0 Å². The average Bonchev–Trinajstić information content (AvgIpc) is 2.45. The molecule has 0 aromatic heterocycles. The quantitative estimate of drug-likeness (QED) is 0.722. The second kappa shape index (κ2) is 8.04. The fraction of sp³-hybridized carbons (Fsp3) is 1.00. The Bertz CT molecular complexity index is 165. The van der Waals surface area contributed by atoms with Crippen molar-refractivity contribution in [2.45, 2.75) is 45.6 Å². The number of aliphatic hydroxyl groups excluding tert-OH is 1. The van der Waals surface area contributed by atoms with Crippen LogP contribution in [0.1, 0.15) is 39.5 Å². The molecule has 1 unspecified atom stereocenters. The van der Waals surface area contributed by atoms with Gasteiger partial charge in [0.2, 0.25) is 0 Å². The smallest absolute Gasteiger partial charge is 0.0791 e. The van der Waals surface area contributed by atoms with Crippen LogP contribution in [0.15, 0.2) is 0 Å². The molecular formula is C13H28N2O. The van der Waals surface area contributed by atoms with Gasteiger partial charge in [-0.15, -0.1) is 0 Å². The fourth-order valence-electron chi connectivity index (χ4n) is 2.22. The minimum atomic E-state index is -0.211. The summed E-state index contributed by atoms with van der Waals surface area (Å²) >= 11 is 0. The summed E-state index contributed by atoms with van der Waals surface area (Å²) in [5.41, 5.74) is 0. The third kappa shape index (κ3) is 6.46. The van der Waals surface area contributed by atoms with Crippen LogP contribution in [0, 0.1) is 5.92 Å². The van der Waals surface area contributed by atoms with Gasteiger partial charge in [0.1, 0.15) is 0 Å². The van der Waals surface area contributed by atoms with E-state index in [9.17, 15) is 5.11 Å². The Morgan fingerprint density at radius 1 is 1.06 bits per heavy atom. The predicted molar refractivity (Wildman–Crippen MR) is 68.6 cm³/mol. The van der Waals surface area contributed by atoms with Gasteiger partial charge in [-0.05, 0) is 38.4 Å². The van der Waals surface area contributed by atoms with Gasteiger partial charge < -0.3 is 15.3 Å². The van der Waals surface area contributed by atoms with Crippen molar-refractivity contribution in [3.8, 4) is 0 Å². The monoisotopic (exact) mass is 228 g/mol. The summed E-state index contributed by atoms with van der Waals surface area (Å²) in [4.78, 5) is 2.41. The van der Waals surface area contributed by atoms with Crippen molar-refractivity contribution in [2.24, 2.45) is 5.92 Å². The third-order valence-electron chi connectivity index (χ3n) is 3.10. The minimum Gasteiger partial charge on any atom is -0.390 e. The van der Waals surface area contributed by atoms with Gasteiger partial charge in [0.05, 0.1) is 6.10 Å². The summed E-state index contributed by atoms with van der Waals surface area (Å²) < 4.78 is 0. The molecule has 3 nitrogen and oxygen atoms in total. The summed E-state index contributed by atoms with van der Waals surface area (Å²) in [6, 6.07) is 0. The maximum absolute atomic E-state index is 9.90. The normalized spacial score (nSPS) is 21.0. The number of β-amino-alcohol motifs (C(OH)–C–C–N with tert-alkyl or cyclic N) is 1. The molecule has 0 saturated carbocycles. The zero-order valence-electron chi connectivity index (χ0n) is 10.9. The number of rotatable bonds is 6. The van der Waals surface area contributed by atoms with Crippen LogP contribution in [-0.4, -0.2) is 48.8 Å². The highest BCUT2D eigenvalue weighted by molar-refractivity contribution is 4.69. The van der Waals surface area contributed by atoms with Crippen molar-refractivity contribution < 1.29 is 5.11 Å². The molecule has 1 aliphatic heterocycles. The van der Waals surface area contributed by atoms with E-state index in [1.807, 2.05) is 0 Å². The van der Waals surface area contributed by atoms with E-state index in [1.165, 1.54) is 38.8 Å². The van der Waals surface area contributed by atoms with Crippen LogP contribution in [0.3, 0.4) is 0 Å². The molecule has 0 radical (unpaired) electrons. The molecule has 0 spiro atoms. The zero-order chi connectivity index (χ0) is 11.8. The van der Waals surface area contributed by atoms with Gasteiger partial charge in [-0.25, -0.2) is 0 Å². The predicted octanol–water partition coefficient (Wildman–Crippen LogP) is 1.47. The molecule has 96 valence electrons. The number of nitrogens with one attached hydrogen (secondary N) is 1. The van der Waals surface area contributed by atoms with Gasteiger partial charge in [0.15, 0.2) is 0 Å². The van der Waals surface area contributed by atoms with E-state index >= 15 is 0 Å². The Morgan fingerprint density at radius 3 is 2.25 bits per heavy atom. The van der Waals surface area contributed by atoms with Gasteiger partial charge in [-0.2, -0.15) is 0 Å². The molecule has 1 fully saturated rings. The Balaban J connectivity index is 2.09. The summed E-state index contributed by atoms with van der Waals surface area (Å²) in [7, 11) is 0. The minimum absolute atomic E-state index is 0.211. The van der Waals surface area contributed by atoms with Gasteiger partial charge in [0, 0.05) is 13.1 Å². The van der Waals surface area contributed by atoms with Crippen molar-refractivity contribution in [3.63, 3.8) is 0 Å². The highest BCUT2D eigenvalue weighted by Crippen LogP contribution is 2.09. The van der Waals surface area contributed by atoms with Crippen molar-refractivity contribution in [1.82, 2.24) is 10.2 Å². The lowest BCUT2D eigenvalue weighted by atomic mass is 10.2. The molecule has 1 aliphatic rings. The van der Waals surface area contributed by atoms with Gasteiger partial charge in [0.25, 0.3) is 0 Å². The first kappa shape index (κ1) is 13.9. The Labute approximate surface area is 100 Å². The van der Waals surface area contributed by atoms with Crippen LogP contribution >= 0.6 is 0 Å². The van der Waals surface area contributed by atoms with Crippen molar-refractivity contribution in [2.75, 3.05) is 32.7 Å². The Kier molecular flexibility index (Phi) is 7.01. The van der Waals surface area contributed by atoms with E-state index in [-0.39, 0.29) is 6.10 Å². The zero-order valence-corrected chi connectivity index (χ0v) is 10.9. The van der Waals surface area contributed by atoms with Crippen LogP contribution in [0.5, 0.6) is 0 Å². The molecule has 1 saturated heterocycles. The molecule has 2 N–H and O–H groups in total. The molecule has 1 heterocycles. The topological polar surface area (TPSA) is 35.5 Å². The highest BCUT2D eigenvalue weighted by Gasteiger charge is 2.13. The molecule has 0 amide bonds. The SMILES string of the molecule is CC(C)CNCC(O)CN1CCCCCC1. The van der Waals surface area contributed by atoms with Crippen molar-refractivity contribution >= 4 is 0 Å². The maximum atomic E-state index is 9.90. The third-order valence-corrected chi connectivity index (χ3v) is 3.10. The van der Waals surface area contributed by atoms with Crippen LogP contribution in [-0.2, 0) is 0 Å².